The van der Waals surface area contributed by atoms with Gasteiger partial charge >= 0.3 is 12.1 Å². The van der Waals surface area contributed by atoms with Crippen LogP contribution in [0.25, 0.3) is 0 Å². The minimum absolute atomic E-state index is 0.126. The standard InChI is InChI=1S/C10H14F3NO2/c11-10(12,13)8(15)14-4-1-9(7-14)2-5-16-6-3-9/h1-7H2. The summed E-state index contributed by atoms with van der Waals surface area (Å²) in [6.07, 6.45) is -2.56. The molecule has 2 heterocycles. The molecular formula is C10H14F3NO2. The number of hydrogen-bond acceptors (Lipinski definition) is 2. The van der Waals surface area contributed by atoms with Gasteiger partial charge in [-0.25, -0.2) is 0 Å². The van der Waals surface area contributed by atoms with Crippen LogP contribution in [0, 0.1) is 5.41 Å². The summed E-state index contributed by atoms with van der Waals surface area (Å²) in [5.41, 5.74) is -0.126. The fraction of sp³-hybridized carbons (Fsp3) is 0.900. The molecule has 1 spiro atoms. The first-order valence-electron chi connectivity index (χ1n) is 5.37. The van der Waals surface area contributed by atoms with Gasteiger partial charge in [-0.2, -0.15) is 13.2 Å². The number of carbonyl (C=O) groups excluding carboxylic acids is 1. The first kappa shape index (κ1) is 11.7. The summed E-state index contributed by atoms with van der Waals surface area (Å²) in [7, 11) is 0. The number of halogens is 3. The first-order chi connectivity index (χ1) is 7.43. The van der Waals surface area contributed by atoms with Crippen LogP contribution >= 0.6 is 0 Å². The lowest BCUT2D eigenvalue weighted by molar-refractivity contribution is -0.184. The lowest BCUT2D eigenvalue weighted by Crippen LogP contribution is -2.41. The van der Waals surface area contributed by atoms with Crippen LogP contribution in [0.4, 0.5) is 13.2 Å². The molecule has 0 aromatic carbocycles. The maximum absolute atomic E-state index is 12.2. The van der Waals surface area contributed by atoms with Gasteiger partial charge < -0.3 is 9.64 Å². The Morgan fingerprint density at radius 3 is 2.38 bits per heavy atom. The molecule has 92 valence electrons. The predicted octanol–water partition coefficient (Wildman–Crippen LogP) is 1.58. The van der Waals surface area contributed by atoms with Gasteiger partial charge in [0.15, 0.2) is 0 Å². The quantitative estimate of drug-likeness (QED) is 0.640. The van der Waals surface area contributed by atoms with E-state index in [9.17, 15) is 18.0 Å². The average molecular weight is 237 g/mol. The number of ether oxygens (including phenoxy) is 1. The Morgan fingerprint density at radius 1 is 1.19 bits per heavy atom. The highest BCUT2D eigenvalue weighted by atomic mass is 19.4. The van der Waals surface area contributed by atoms with Gasteiger partial charge in [0, 0.05) is 26.3 Å². The molecule has 6 heteroatoms. The Balaban J connectivity index is 1.99. The second-order valence-electron chi connectivity index (χ2n) is 4.59. The second kappa shape index (κ2) is 3.91. The highest BCUT2D eigenvalue weighted by Crippen LogP contribution is 2.40. The summed E-state index contributed by atoms with van der Waals surface area (Å²) < 4.78 is 41.9. The number of likely N-dealkylation sites (tertiary alicyclic amines) is 1. The van der Waals surface area contributed by atoms with Crippen molar-refractivity contribution in [1.29, 1.82) is 0 Å². The highest BCUT2D eigenvalue weighted by Gasteiger charge is 2.48. The molecule has 2 rings (SSSR count). The third-order valence-electron chi connectivity index (χ3n) is 3.52. The molecule has 2 aliphatic rings. The van der Waals surface area contributed by atoms with E-state index in [2.05, 4.69) is 0 Å². The van der Waals surface area contributed by atoms with Crippen LogP contribution in [0.15, 0.2) is 0 Å². The van der Waals surface area contributed by atoms with Crippen LogP contribution in [0.3, 0.4) is 0 Å². The number of carbonyl (C=O) groups is 1. The SMILES string of the molecule is O=C(N1CCC2(CCOCC2)C1)C(F)(F)F. The number of nitrogens with zero attached hydrogens (tertiary/aromatic N) is 1. The highest BCUT2D eigenvalue weighted by molar-refractivity contribution is 5.82. The average Bonchev–Trinajstić information content (AvgIpc) is 2.61. The van der Waals surface area contributed by atoms with Crippen molar-refractivity contribution in [2.75, 3.05) is 26.3 Å². The molecule has 0 atom stereocenters. The Hall–Kier alpha value is -0.780. The van der Waals surface area contributed by atoms with E-state index in [1.807, 2.05) is 0 Å². The Kier molecular flexibility index (Phi) is 2.86. The molecule has 2 fully saturated rings. The van der Waals surface area contributed by atoms with Crippen molar-refractivity contribution in [3.8, 4) is 0 Å². The van der Waals surface area contributed by atoms with Gasteiger partial charge in [0.25, 0.3) is 0 Å². The van der Waals surface area contributed by atoms with Crippen molar-refractivity contribution in [3.05, 3.63) is 0 Å². The molecule has 3 nitrogen and oxygen atoms in total. The molecule has 0 radical (unpaired) electrons. The number of alkyl halides is 3. The van der Waals surface area contributed by atoms with Crippen molar-refractivity contribution >= 4 is 5.91 Å². The summed E-state index contributed by atoms with van der Waals surface area (Å²) in [5.74, 6) is -1.70. The topological polar surface area (TPSA) is 29.5 Å². The first-order valence-corrected chi connectivity index (χ1v) is 5.37. The molecule has 16 heavy (non-hydrogen) atoms. The zero-order valence-electron chi connectivity index (χ0n) is 8.85. The zero-order valence-corrected chi connectivity index (χ0v) is 8.85. The van der Waals surface area contributed by atoms with E-state index in [1.165, 1.54) is 0 Å². The monoisotopic (exact) mass is 237 g/mol. The smallest absolute Gasteiger partial charge is 0.381 e. The molecular weight excluding hydrogens is 223 g/mol. The molecule has 0 aliphatic carbocycles. The van der Waals surface area contributed by atoms with Gasteiger partial charge in [-0.1, -0.05) is 0 Å². The van der Waals surface area contributed by atoms with Crippen LogP contribution in [0.1, 0.15) is 19.3 Å². The lowest BCUT2D eigenvalue weighted by Gasteiger charge is -2.33. The number of rotatable bonds is 0. The van der Waals surface area contributed by atoms with E-state index in [1.54, 1.807) is 0 Å². The van der Waals surface area contributed by atoms with Crippen molar-refractivity contribution in [1.82, 2.24) is 4.90 Å². The van der Waals surface area contributed by atoms with E-state index in [4.69, 9.17) is 4.74 Å². The van der Waals surface area contributed by atoms with Gasteiger partial charge in [-0.3, -0.25) is 4.79 Å². The maximum atomic E-state index is 12.2. The van der Waals surface area contributed by atoms with E-state index < -0.39 is 12.1 Å². The van der Waals surface area contributed by atoms with Gasteiger partial charge in [0.1, 0.15) is 0 Å². The molecule has 0 saturated carbocycles. The third kappa shape index (κ3) is 2.16. The second-order valence-corrected chi connectivity index (χ2v) is 4.59. The molecule has 0 aromatic rings. The van der Waals surface area contributed by atoms with Crippen molar-refractivity contribution in [2.24, 2.45) is 5.41 Å². The summed E-state index contributed by atoms with van der Waals surface area (Å²) in [6, 6.07) is 0. The van der Waals surface area contributed by atoms with Crippen molar-refractivity contribution in [2.45, 2.75) is 25.4 Å². The fourth-order valence-electron chi connectivity index (χ4n) is 2.50. The summed E-state index contributed by atoms with van der Waals surface area (Å²) in [4.78, 5) is 12.0. The van der Waals surface area contributed by atoms with Gasteiger partial charge in [0.05, 0.1) is 0 Å². The maximum Gasteiger partial charge on any atom is 0.471 e. The van der Waals surface area contributed by atoms with E-state index in [0.717, 1.165) is 17.7 Å². The summed E-state index contributed by atoms with van der Waals surface area (Å²) >= 11 is 0. The van der Waals surface area contributed by atoms with Crippen LogP contribution in [0.2, 0.25) is 0 Å². The Bertz CT molecular complexity index is 284. The van der Waals surface area contributed by atoms with Crippen LogP contribution in [0.5, 0.6) is 0 Å². The molecule has 2 saturated heterocycles. The summed E-state index contributed by atoms with van der Waals surface area (Å²) in [6.45, 7) is 1.63. The van der Waals surface area contributed by atoms with E-state index in [0.29, 0.717) is 19.6 Å². The van der Waals surface area contributed by atoms with Crippen LogP contribution in [-0.2, 0) is 9.53 Å². The van der Waals surface area contributed by atoms with Crippen LogP contribution in [-0.4, -0.2) is 43.3 Å². The van der Waals surface area contributed by atoms with Gasteiger partial charge in [0.2, 0.25) is 0 Å². The minimum Gasteiger partial charge on any atom is -0.381 e. The van der Waals surface area contributed by atoms with Crippen LogP contribution < -0.4 is 0 Å². The van der Waals surface area contributed by atoms with E-state index in [-0.39, 0.29) is 18.5 Å². The summed E-state index contributed by atoms with van der Waals surface area (Å²) in [5, 5.41) is 0. The Morgan fingerprint density at radius 2 is 1.81 bits per heavy atom. The minimum atomic E-state index is -4.74. The van der Waals surface area contributed by atoms with Crippen molar-refractivity contribution < 1.29 is 22.7 Å². The number of amides is 1. The normalized spacial score (nSPS) is 25.1. The molecule has 0 N–H and O–H groups in total. The predicted molar refractivity (Wildman–Crippen MR) is 49.7 cm³/mol. The molecule has 0 unspecified atom stereocenters. The molecule has 1 amide bonds. The Labute approximate surface area is 91.5 Å². The third-order valence-corrected chi connectivity index (χ3v) is 3.52. The van der Waals surface area contributed by atoms with E-state index >= 15 is 0 Å². The molecule has 2 aliphatic heterocycles. The lowest BCUT2D eigenvalue weighted by atomic mass is 9.80. The fourth-order valence-corrected chi connectivity index (χ4v) is 2.50. The van der Waals surface area contributed by atoms with Gasteiger partial charge in [-0.05, 0) is 24.7 Å². The number of hydrogen-bond donors (Lipinski definition) is 0. The zero-order chi connectivity index (χ0) is 11.8. The van der Waals surface area contributed by atoms with Crippen molar-refractivity contribution in [3.63, 3.8) is 0 Å². The van der Waals surface area contributed by atoms with Gasteiger partial charge in [-0.15, -0.1) is 0 Å². The largest absolute Gasteiger partial charge is 0.471 e. The molecule has 0 bridgehead atoms. The molecule has 0 aromatic heterocycles.